The summed E-state index contributed by atoms with van der Waals surface area (Å²) in [6, 6.07) is 0. The molecule has 0 aliphatic carbocycles. The van der Waals surface area contributed by atoms with Crippen molar-refractivity contribution in [2.24, 2.45) is 0 Å². The summed E-state index contributed by atoms with van der Waals surface area (Å²) in [5, 5.41) is 15.0. The Hall–Kier alpha value is -2.18. The van der Waals surface area contributed by atoms with Crippen molar-refractivity contribution >= 4 is 5.91 Å². The zero-order chi connectivity index (χ0) is 14.1. The topological polar surface area (TPSA) is 85.8 Å². The fourth-order valence-electron chi connectivity index (χ4n) is 2.55. The number of amides is 1. The number of carbonyl (C=O) groups excluding carboxylic acids is 1. The molecule has 1 aliphatic heterocycles. The number of aryl methyl sites for hydroxylation is 3. The molecule has 0 radical (unpaired) electrons. The Balaban J connectivity index is 1.71. The lowest BCUT2D eigenvalue weighted by molar-refractivity contribution is 0.0947. The van der Waals surface area contributed by atoms with Crippen molar-refractivity contribution in [1.82, 2.24) is 25.2 Å². The predicted molar refractivity (Wildman–Crippen MR) is 70.1 cm³/mol. The average Bonchev–Trinajstić information content (AvgIpc) is 3.00. The largest absolute Gasteiger partial charge is 0.361 e. The second-order valence-electron chi connectivity index (χ2n) is 5.02. The van der Waals surface area contributed by atoms with Gasteiger partial charge < -0.3 is 14.4 Å². The molecule has 1 N–H and O–H groups in total. The molecule has 0 aromatic carbocycles. The summed E-state index contributed by atoms with van der Waals surface area (Å²) in [4.78, 5) is 12.1. The molecule has 20 heavy (non-hydrogen) atoms. The molecule has 1 aliphatic rings. The molecule has 0 unspecified atom stereocenters. The molecule has 3 rings (SSSR count). The van der Waals surface area contributed by atoms with E-state index >= 15 is 0 Å². The molecule has 0 bridgehead atoms. The highest BCUT2D eigenvalue weighted by atomic mass is 16.5. The third-order valence-corrected chi connectivity index (χ3v) is 3.60. The monoisotopic (exact) mass is 275 g/mol. The highest BCUT2D eigenvalue weighted by Gasteiger charge is 2.19. The van der Waals surface area contributed by atoms with Crippen molar-refractivity contribution in [3.05, 3.63) is 28.7 Å². The van der Waals surface area contributed by atoms with E-state index in [9.17, 15) is 4.79 Å². The number of hydrogen-bond donors (Lipinski definition) is 1. The van der Waals surface area contributed by atoms with Crippen molar-refractivity contribution < 1.29 is 9.32 Å². The third-order valence-electron chi connectivity index (χ3n) is 3.60. The summed E-state index contributed by atoms with van der Waals surface area (Å²) >= 11 is 0. The molecule has 2 aromatic heterocycles. The lowest BCUT2D eigenvalue weighted by atomic mass is 10.1. The van der Waals surface area contributed by atoms with Crippen LogP contribution in [0.4, 0.5) is 0 Å². The zero-order valence-corrected chi connectivity index (χ0v) is 11.6. The standard InChI is InChI=1S/C13H17N5O2/c1-8-12(9(2)20-17-8)13(19)14-7-11-16-15-10-5-3-4-6-18(10)11/h3-7H2,1-2H3,(H,14,19). The van der Waals surface area contributed by atoms with Gasteiger partial charge in [-0.2, -0.15) is 0 Å². The number of aromatic nitrogens is 4. The van der Waals surface area contributed by atoms with Crippen LogP contribution in [0.25, 0.3) is 0 Å². The van der Waals surface area contributed by atoms with Crippen molar-refractivity contribution in [2.45, 2.75) is 46.2 Å². The molecule has 0 atom stereocenters. The van der Waals surface area contributed by atoms with Crippen LogP contribution in [0.3, 0.4) is 0 Å². The van der Waals surface area contributed by atoms with Gasteiger partial charge in [0, 0.05) is 13.0 Å². The van der Waals surface area contributed by atoms with Gasteiger partial charge in [0.1, 0.15) is 17.1 Å². The Bertz CT molecular complexity index is 624. The minimum atomic E-state index is -0.186. The van der Waals surface area contributed by atoms with Gasteiger partial charge in [0.05, 0.1) is 12.2 Å². The first kappa shape index (κ1) is 12.8. The van der Waals surface area contributed by atoms with E-state index in [2.05, 4.69) is 25.2 Å². The van der Waals surface area contributed by atoms with E-state index in [1.165, 1.54) is 0 Å². The highest BCUT2D eigenvalue weighted by molar-refractivity contribution is 5.95. The van der Waals surface area contributed by atoms with Crippen molar-refractivity contribution in [3.63, 3.8) is 0 Å². The van der Waals surface area contributed by atoms with Gasteiger partial charge in [-0.1, -0.05) is 5.16 Å². The predicted octanol–water partition coefficient (Wildman–Crippen LogP) is 1.15. The Morgan fingerprint density at radius 2 is 2.20 bits per heavy atom. The molecule has 7 heteroatoms. The van der Waals surface area contributed by atoms with Crippen molar-refractivity contribution in [3.8, 4) is 0 Å². The maximum absolute atomic E-state index is 12.1. The van der Waals surface area contributed by atoms with Crippen LogP contribution < -0.4 is 5.32 Å². The van der Waals surface area contributed by atoms with Gasteiger partial charge in [-0.3, -0.25) is 4.79 Å². The fourth-order valence-corrected chi connectivity index (χ4v) is 2.55. The van der Waals surface area contributed by atoms with Gasteiger partial charge in [-0.25, -0.2) is 0 Å². The van der Waals surface area contributed by atoms with E-state index in [4.69, 9.17) is 4.52 Å². The Kier molecular flexibility index (Phi) is 3.25. The number of carbonyl (C=O) groups is 1. The van der Waals surface area contributed by atoms with Gasteiger partial charge >= 0.3 is 0 Å². The summed E-state index contributed by atoms with van der Waals surface area (Å²) in [6.45, 7) is 4.78. The van der Waals surface area contributed by atoms with E-state index in [1.807, 2.05) is 0 Å². The minimum Gasteiger partial charge on any atom is -0.361 e. The van der Waals surface area contributed by atoms with Crippen LogP contribution in [0.1, 0.15) is 46.3 Å². The molecule has 2 aromatic rings. The maximum atomic E-state index is 12.1. The lowest BCUT2D eigenvalue weighted by Gasteiger charge is -2.14. The Morgan fingerprint density at radius 1 is 1.35 bits per heavy atom. The van der Waals surface area contributed by atoms with Crippen molar-refractivity contribution in [1.29, 1.82) is 0 Å². The number of fused-ring (bicyclic) bond motifs is 1. The van der Waals surface area contributed by atoms with E-state index in [0.29, 0.717) is 23.6 Å². The van der Waals surface area contributed by atoms with E-state index in [1.54, 1.807) is 13.8 Å². The third kappa shape index (κ3) is 2.19. The smallest absolute Gasteiger partial charge is 0.257 e. The first-order valence-corrected chi connectivity index (χ1v) is 6.79. The van der Waals surface area contributed by atoms with Gasteiger partial charge in [0.25, 0.3) is 5.91 Å². The number of nitrogens with zero attached hydrogens (tertiary/aromatic N) is 4. The quantitative estimate of drug-likeness (QED) is 0.908. The molecule has 0 saturated heterocycles. The number of rotatable bonds is 3. The van der Waals surface area contributed by atoms with E-state index in [-0.39, 0.29) is 5.91 Å². The molecule has 0 spiro atoms. The van der Waals surface area contributed by atoms with Gasteiger partial charge in [0.2, 0.25) is 0 Å². The van der Waals surface area contributed by atoms with Crippen LogP contribution in [0.2, 0.25) is 0 Å². The van der Waals surface area contributed by atoms with E-state index < -0.39 is 0 Å². The fraction of sp³-hybridized carbons (Fsp3) is 0.538. The molecule has 106 valence electrons. The summed E-state index contributed by atoms with van der Waals surface area (Å²) in [7, 11) is 0. The summed E-state index contributed by atoms with van der Waals surface area (Å²) < 4.78 is 7.09. The second-order valence-corrected chi connectivity index (χ2v) is 5.02. The maximum Gasteiger partial charge on any atom is 0.257 e. The van der Waals surface area contributed by atoms with Crippen LogP contribution >= 0.6 is 0 Å². The normalized spacial score (nSPS) is 14.1. The highest BCUT2D eigenvalue weighted by Crippen LogP contribution is 2.15. The van der Waals surface area contributed by atoms with Crippen LogP contribution in [0, 0.1) is 13.8 Å². The van der Waals surface area contributed by atoms with Crippen LogP contribution in [0.5, 0.6) is 0 Å². The molecule has 0 fully saturated rings. The number of nitrogens with one attached hydrogen (secondary N) is 1. The zero-order valence-electron chi connectivity index (χ0n) is 11.6. The molecule has 0 saturated carbocycles. The second kappa shape index (κ2) is 5.07. The molecular formula is C13H17N5O2. The summed E-state index contributed by atoms with van der Waals surface area (Å²) in [5.74, 6) is 2.16. The lowest BCUT2D eigenvalue weighted by Crippen LogP contribution is -2.26. The molecular weight excluding hydrogens is 258 g/mol. The summed E-state index contributed by atoms with van der Waals surface area (Å²) in [5.41, 5.74) is 1.10. The molecule has 7 nitrogen and oxygen atoms in total. The minimum absolute atomic E-state index is 0.186. The van der Waals surface area contributed by atoms with Crippen LogP contribution in [-0.2, 0) is 19.5 Å². The van der Waals surface area contributed by atoms with E-state index in [0.717, 1.165) is 37.5 Å². The molecule has 1 amide bonds. The first-order valence-electron chi connectivity index (χ1n) is 6.79. The van der Waals surface area contributed by atoms with Crippen LogP contribution in [0.15, 0.2) is 4.52 Å². The molecule has 3 heterocycles. The van der Waals surface area contributed by atoms with Crippen LogP contribution in [-0.4, -0.2) is 25.8 Å². The average molecular weight is 275 g/mol. The van der Waals surface area contributed by atoms with Crippen molar-refractivity contribution in [2.75, 3.05) is 0 Å². The SMILES string of the molecule is Cc1noc(C)c1C(=O)NCc1nnc2n1CCCC2. The first-order chi connectivity index (χ1) is 9.66. The Morgan fingerprint density at radius 3 is 2.95 bits per heavy atom. The number of hydrogen-bond acceptors (Lipinski definition) is 5. The van der Waals surface area contributed by atoms with Gasteiger partial charge in [0.15, 0.2) is 5.82 Å². The Labute approximate surface area is 116 Å². The summed E-state index contributed by atoms with van der Waals surface area (Å²) in [6.07, 6.45) is 3.25. The van der Waals surface area contributed by atoms with Gasteiger partial charge in [-0.15, -0.1) is 10.2 Å². The van der Waals surface area contributed by atoms with Gasteiger partial charge in [-0.05, 0) is 26.7 Å².